The van der Waals surface area contributed by atoms with Gasteiger partial charge in [-0.25, -0.2) is 0 Å². The molecule has 0 heterocycles. The van der Waals surface area contributed by atoms with Crippen molar-refractivity contribution < 1.29 is 0 Å². The Bertz CT molecular complexity index is 593. The minimum absolute atomic E-state index is 0.452. The summed E-state index contributed by atoms with van der Waals surface area (Å²) in [4.78, 5) is 0. The Morgan fingerprint density at radius 3 is 2.29 bits per heavy atom. The van der Waals surface area contributed by atoms with Crippen molar-refractivity contribution in [3.8, 4) is 0 Å². The van der Waals surface area contributed by atoms with Crippen molar-refractivity contribution >= 4 is 5.69 Å². The lowest BCUT2D eigenvalue weighted by molar-refractivity contribution is 0.678. The van der Waals surface area contributed by atoms with E-state index in [4.69, 9.17) is 0 Å². The standard InChI is InChI=1S/C20H25N/c1-14(2)18-5-4-6-19(13-18)21-20(17-11-12-17)16-9-7-15(3)8-10-16/h4-10,13-14,17,20-21H,11-12H2,1-3H3. The van der Waals surface area contributed by atoms with Crippen LogP contribution in [0.2, 0.25) is 0 Å². The maximum absolute atomic E-state index is 3.77. The summed E-state index contributed by atoms with van der Waals surface area (Å²) in [5, 5.41) is 3.77. The topological polar surface area (TPSA) is 12.0 Å². The van der Waals surface area contributed by atoms with Gasteiger partial charge in [-0.15, -0.1) is 0 Å². The summed E-state index contributed by atoms with van der Waals surface area (Å²) in [5.41, 5.74) is 5.39. The average Bonchev–Trinajstić information content (AvgIpc) is 3.31. The molecule has 0 radical (unpaired) electrons. The SMILES string of the molecule is Cc1ccc(C(Nc2cccc(C(C)C)c2)C2CC2)cc1. The highest BCUT2D eigenvalue weighted by molar-refractivity contribution is 5.49. The van der Waals surface area contributed by atoms with Gasteiger partial charge in [-0.2, -0.15) is 0 Å². The van der Waals surface area contributed by atoms with Crippen molar-refractivity contribution in [2.75, 3.05) is 5.32 Å². The van der Waals surface area contributed by atoms with Crippen LogP contribution in [0.25, 0.3) is 0 Å². The summed E-state index contributed by atoms with van der Waals surface area (Å²) >= 11 is 0. The van der Waals surface area contributed by atoms with Crippen LogP contribution >= 0.6 is 0 Å². The maximum atomic E-state index is 3.77. The predicted octanol–water partition coefficient (Wildman–Crippen LogP) is 5.68. The summed E-state index contributed by atoms with van der Waals surface area (Å²) in [7, 11) is 0. The van der Waals surface area contributed by atoms with Crippen molar-refractivity contribution in [2.24, 2.45) is 5.92 Å². The van der Waals surface area contributed by atoms with Crippen LogP contribution in [0.1, 0.15) is 55.3 Å². The Kier molecular flexibility index (Phi) is 4.01. The minimum atomic E-state index is 0.452. The van der Waals surface area contributed by atoms with Gasteiger partial charge in [-0.05, 0) is 54.9 Å². The van der Waals surface area contributed by atoms with Gasteiger partial charge >= 0.3 is 0 Å². The van der Waals surface area contributed by atoms with Crippen LogP contribution in [-0.2, 0) is 0 Å². The molecule has 1 aliphatic rings. The van der Waals surface area contributed by atoms with Gasteiger partial charge in [-0.1, -0.05) is 55.8 Å². The zero-order chi connectivity index (χ0) is 14.8. The monoisotopic (exact) mass is 279 g/mol. The van der Waals surface area contributed by atoms with E-state index in [9.17, 15) is 0 Å². The molecule has 0 bridgehead atoms. The molecule has 0 aromatic heterocycles. The molecule has 1 saturated carbocycles. The first-order valence-corrected chi connectivity index (χ1v) is 8.06. The summed E-state index contributed by atoms with van der Waals surface area (Å²) in [5.74, 6) is 1.36. The third kappa shape index (κ3) is 3.47. The molecule has 1 N–H and O–H groups in total. The average molecular weight is 279 g/mol. The molecule has 0 saturated heterocycles. The molecule has 0 spiro atoms. The Labute approximate surface area is 128 Å². The Hall–Kier alpha value is -1.76. The van der Waals surface area contributed by atoms with Crippen LogP contribution in [0, 0.1) is 12.8 Å². The quantitative estimate of drug-likeness (QED) is 0.742. The summed E-state index contributed by atoms with van der Waals surface area (Å²) in [6, 6.07) is 18.3. The summed E-state index contributed by atoms with van der Waals surface area (Å²) in [6.45, 7) is 6.64. The molecule has 1 nitrogen and oxygen atoms in total. The molecule has 0 amide bonds. The van der Waals surface area contributed by atoms with Crippen LogP contribution in [0.3, 0.4) is 0 Å². The van der Waals surface area contributed by atoms with Crippen LogP contribution < -0.4 is 5.32 Å². The van der Waals surface area contributed by atoms with Gasteiger partial charge in [0.2, 0.25) is 0 Å². The fourth-order valence-electron chi connectivity index (χ4n) is 2.84. The van der Waals surface area contributed by atoms with Crippen molar-refractivity contribution in [2.45, 2.75) is 45.6 Å². The lowest BCUT2D eigenvalue weighted by atomic mass is 9.99. The normalized spacial score (nSPS) is 16.0. The minimum Gasteiger partial charge on any atom is -0.378 e. The van der Waals surface area contributed by atoms with Gasteiger partial charge in [-0.3, -0.25) is 0 Å². The molecule has 110 valence electrons. The number of rotatable bonds is 5. The van der Waals surface area contributed by atoms with Crippen molar-refractivity contribution in [1.29, 1.82) is 0 Å². The number of aryl methyl sites for hydroxylation is 1. The second-order valence-electron chi connectivity index (χ2n) is 6.65. The fourth-order valence-corrected chi connectivity index (χ4v) is 2.84. The van der Waals surface area contributed by atoms with E-state index in [-0.39, 0.29) is 0 Å². The van der Waals surface area contributed by atoms with E-state index in [0.717, 1.165) is 5.92 Å². The summed E-state index contributed by atoms with van der Waals surface area (Å²) < 4.78 is 0. The molecule has 3 rings (SSSR count). The van der Waals surface area contributed by atoms with E-state index >= 15 is 0 Å². The van der Waals surface area contributed by atoms with Gasteiger partial charge in [0.15, 0.2) is 0 Å². The number of benzene rings is 2. The van der Waals surface area contributed by atoms with Crippen LogP contribution in [0.15, 0.2) is 48.5 Å². The lowest BCUT2D eigenvalue weighted by Crippen LogP contribution is -2.13. The number of nitrogens with one attached hydrogen (secondary N) is 1. The lowest BCUT2D eigenvalue weighted by Gasteiger charge is -2.21. The molecule has 1 heteroatoms. The molecular weight excluding hydrogens is 254 g/mol. The molecule has 21 heavy (non-hydrogen) atoms. The molecule has 2 aromatic carbocycles. The van der Waals surface area contributed by atoms with Gasteiger partial charge in [0.25, 0.3) is 0 Å². The van der Waals surface area contributed by atoms with Crippen LogP contribution in [0.5, 0.6) is 0 Å². The second-order valence-corrected chi connectivity index (χ2v) is 6.65. The summed E-state index contributed by atoms with van der Waals surface area (Å²) in [6.07, 6.45) is 2.69. The Morgan fingerprint density at radius 2 is 1.67 bits per heavy atom. The zero-order valence-electron chi connectivity index (χ0n) is 13.3. The van der Waals surface area contributed by atoms with Crippen molar-refractivity contribution in [1.82, 2.24) is 0 Å². The first-order valence-electron chi connectivity index (χ1n) is 8.06. The Morgan fingerprint density at radius 1 is 0.952 bits per heavy atom. The fraction of sp³-hybridized carbons (Fsp3) is 0.400. The smallest absolute Gasteiger partial charge is 0.0542 e. The highest BCUT2D eigenvalue weighted by Gasteiger charge is 2.32. The molecule has 2 aromatic rings. The maximum Gasteiger partial charge on any atom is 0.0542 e. The van der Waals surface area contributed by atoms with Crippen molar-refractivity contribution in [3.63, 3.8) is 0 Å². The van der Waals surface area contributed by atoms with E-state index < -0.39 is 0 Å². The van der Waals surface area contributed by atoms with Gasteiger partial charge in [0.05, 0.1) is 6.04 Å². The predicted molar refractivity (Wildman–Crippen MR) is 90.8 cm³/mol. The van der Waals surface area contributed by atoms with E-state index in [0.29, 0.717) is 12.0 Å². The van der Waals surface area contributed by atoms with E-state index in [1.807, 2.05) is 0 Å². The van der Waals surface area contributed by atoms with Crippen molar-refractivity contribution in [3.05, 3.63) is 65.2 Å². The van der Waals surface area contributed by atoms with Gasteiger partial charge < -0.3 is 5.32 Å². The van der Waals surface area contributed by atoms with Gasteiger partial charge in [0.1, 0.15) is 0 Å². The van der Waals surface area contributed by atoms with E-state index in [1.165, 1.54) is 35.2 Å². The zero-order valence-corrected chi connectivity index (χ0v) is 13.3. The Balaban J connectivity index is 1.82. The molecule has 1 aliphatic carbocycles. The molecule has 1 unspecified atom stereocenters. The van der Waals surface area contributed by atoms with Gasteiger partial charge in [0, 0.05) is 5.69 Å². The molecule has 0 aliphatic heterocycles. The van der Waals surface area contributed by atoms with E-state index in [2.05, 4.69) is 74.6 Å². The number of anilines is 1. The third-order valence-corrected chi connectivity index (χ3v) is 4.41. The molecule has 1 fully saturated rings. The van der Waals surface area contributed by atoms with Crippen LogP contribution in [0.4, 0.5) is 5.69 Å². The third-order valence-electron chi connectivity index (χ3n) is 4.41. The number of hydrogen-bond acceptors (Lipinski definition) is 1. The van der Waals surface area contributed by atoms with Crippen LogP contribution in [-0.4, -0.2) is 0 Å². The highest BCUT2D eigenvalue weighted by atomic mass is 14.9. The first-order chi connectivity index (χ1) is 10.1. The second kappa shape index (κ2) is 5.93. The first kappa shape index (κ1) is 14.2. The highest BCUT2D eigenvalue weighted by Crippen LogP contribution is 2.43. The van der Waals surface area contributed by atoms with E-state index in [1.54, 1.807) is 0 Å². The molecular formula is C20H25N. The largest absolute Gasteiger partial charge is 0.378 e. The molecule has 1 atom stereocenters. The number of hydrogen-bond donors (Lipinski definition) is 1.